The maximum Gasteiger partial charge on any atom is 0.214 e. The van der Waals surface area contributed by atoms with E-state index in [2.05, 4.69) is 20.8 Å². The SMILES string of the molecule is CCCS(=O)(=O)N1CCC(NC(=NCc2nnc(C)n2C)NC2CCCC2)CC1. The molecule has 9 nitrogen and oxygen atoms in total. The first kappa shape index (κ1) is 22.0. The molecule has 1 aromatic rings. The molecule has 2 aliphatic rings. The minimum atomic E-state index is -3.11. The summed E-state index contributed by atoms with van der Waals surface area (Å²) in [5, 5.41) is 15.4. The molecule has 164 valence electrons. The Hall–Kier alpha value is -1.68. The van der Waals surface area contributed by atoms with Crippen LogP contribution in [0.3, 0.4) is 0 Å². The zero-order chi connectivity index (χ0) is 20.9. The lowest BCUT2D eigenvalue weighted by Crippen LogP contribution is -2.51. The number of rotatable bonds is 7. The number of aromatic nitrogens is 3. The van der Waals surface area contributed by atoms with Crippen LogP contribution in [0.1, 0.15) is 63.5 Å². The standard InChI is InChI=1S/C19H35N7O2S/c1-4-13-29(27,28)26-11-9-17(10-12-26)22-19(21-16-7-5-6-8-16)20-14-18-24-23-15(2)25(18)3/h16-17H,4-14H2,1-3H3,(H2,20,21,22). The van der Waals surface area contributed by atoms with Gasteiger partial charge in [0.1, 0.15) is 12.4 Å². The number of aliphatic imine (C=N–C) groups is 1. The van der Waals surface area contributed by atoms with E-state index in [1.54, 1.807) is 4.31 Å². The Bertz CT molecular complexity index is 791. The molecule has 10 heteroatoms. The predicted molar refractivity (Wildman–Crippen MR) is 114 cm³/mol. The van der Waals surface area contributed by atoms with Gasteiger partial charge in [0, 0.05) is 32.2 Å². The molecule has 0 unspecified atom stereocenters. The average molecular weight is 426 g/mol. The van der Waals surface area contributed by atoms with Crippen molar-refractivity contribution < 1.29 is 8.42 Å². The van der Waals surface area contributed by atoms with E-state index in [4.69, 9.17) is 4.99 Å². The summed E-state index contributed by atoms with van der Waals surface area (Å²) in [5.74, 6) is 2.73. The Morgan fingerprint density at radius 1 is 1.10 bits per heavy atom. The molecular formula is C19H35N7O2S. The van der Waals surface area contributed by atoms with Crippen LogP contribution in [0.15, 0.2) is 4.99 Å². The van der Waals surface area contributed by atoms with E-state index in [9.17, 15) is 8.42 Å². The van der Waals surface area contributed by atoms with Gasteiger partial charge in [0.15, 0.2) is 11.8 Å². The minimum Gasteiger partial charge on any atom is -0.354 e. The molecule has 0 spiro atoms. The van der Waals surface area contributed by atoms with Gasteiger partial charge < -0.3 is 15.2 Å². The van der Waals surface area contributed by atoms with Crippen molar-refractivity contribution in [2.24, 2.45) is 12.0 Å². The third-order valence-corrected chi connectivity index (χ3v) is 7.98. The molecule has 1 saturated carbocycles. The molecule has 1 aliphatic carbocycles. The van der Waals surface area contributed by atoms with Crippen molar-refractivity contribution >= 4 is 16.0 Å². The third-order valence-electron chi connectivity index (χ3n) is 5.91. The quantitative estimate of drug-likeness (QED) is 0.504. The van der Waals surface area contributed by atoms with E-state index in [0.29, 0.717) is 32.1 Å². The van der Waals surface area contributed by atoms with Gasteiger partial charge in [-0.2, -0.15) is 0 Å². The number of nitrogens with zero attached hydrogens (tertiary/aromatic N) is 5. The molecule has 2 N–H and O–H groups in total. The van der Waals surface area contributed by atoms with Gasteiger partial charge in [-0.15, -0.1) is 10.2 Å². The molecule has 0 amide bonds. The number of sulfonamides is 1. The van der Waals surface area contributed by atoms with Crippen LogP contribution in [0, 0.1) is 6.92 Å². The van der Waals surface area contributed by atoms with Crippen molar-refractivity contribution in [3.05, 3.63) is 11.6 Å². The molecule has 29 heavy (non-hydrogen) atoms. The second kappa shape index (κ2) is 9.88. The van der Waals surface area contributed by atoms with E-state index in [1.165, 1.54) is 12.8 Å². The lowest BCUT2D eigenvalue weighted by molar-refractivity contribution is 0.305. The number of hydrogen-bond donors (Lipinski definition) is 2. The zero-order valence-electron chi connectivity index (χ0n) is 17.9. The van der Waals surface area contributed by atoms with Gasteiger partial charge >= 0.3 is 0 Å². The first-order valence-corrected chi connectivity index (χ1v) is 12.4. The van der Waals surface area contributed by atoms with Crippen molar-refractivity contribution in [1.82, 2.24) is 29.7 Å². The zero-order valence-corrected chi connectivity index (χ0v) is 18.7. The van der Waals surface area contributed by atoms with Crippen LogP contribution in [0.5, 0.6) is 0 Å². The van der Waals surface area contributed by atoms with E-state index in [1.807, 2.05) is 25.5 Å². The first-order valence-electron chi connectivity index (χ1n) is 10.8. The van der Waals surface area contributed by atoms with Crippen LogP contribution >= 0.6 is 0 Å². The first-order chi connectivity index (χ1) is 13.9. The molecule has 2 fully saturated rings. The Morgan fingerprint density at radius 3 is 2.28 bits per heavy atom. The topological polar surface area (TPSA) is 105 Å². The molecule has 1 saturated heterocycles. The van der Waals surface area contributed by atoms with E-state index >= 15 is 0 Å². The van der Waals surface area contributed by atoms with Gasteiger partial charge in [0.25, 0.3) is 0 Å². The summed E-state index contributed by atoms with van der Waals surface area (Å²) in [5.41, 5.74) is 0. The fourth-order valence-electron chi connectivity index (χ4n) is 3.99. The third kappa shape index (κ3) is 5.91. The Morgan fingerprint density at radius 2 is 1.72 bits per heavy atom. The van der Waals surface area contributed by atoms with E-state index < -0.39 is 10.0 Å². The van der Waals surface area contributed by atoms with Crippen LogP contribution in [0.2, 0.25) is 0 Å². The van der Waals surface area contributed by atoms with Crippen molar-refractivity contribution in [3.63, 3.8) is 0 Å². The molecule has 0 radical (unpaired) electrons. The van der Waals surface area contributed by atoms with E-state index in [-0.39, 0.29) is 11.8 Å². The van der Waals surface area contributed by atoms with Crippen molar-refractivity contribution in [2.45, 2.75) is 77.4 Å². The number of nitrogens with one attached hydrogen (secondary N) is 2. The van der Waals surface area contributed by atoms with Crippen LogP contribution in [0.25, 0.3) is 0 Å². The Labute approximate surface area is 174 Å². The highest BCUT2D eigenvalue weighted by Crippen LogP contribution is 2.18. The highest BCUT2D eigenvalue weighted by atomic mass is 32.2. The van der Waals surface area contributed by atoms with Gasteiger partial charge in [-0.1, -0.05) is 19.8 Å². The van der Waals surface area contributed by atoms with Gasteiger partial charge in [-0.25, -0.2) is 17.7 Å². The predicted octanol–water partition coefficient (Wildman–Crippen LogP) is 1.31. The largest absolute Gasteiger partial charge is 0.354 e. The normalized spacial score (nSPS) is 20.3. The van der Waals surface area contributed by atoms with Gasteiger partial charge in [-0.05, 0) is 39.0 Å². The number of guanidine groups is 1. The van der Waals surface area contributed by atoms with Gasteiger partial charge in [0.2, 0.25) is 10.0 Å². The minimum absolute atomic E-state index is 0.219. The number of aryl methyl sites for hydroxylation is 1. The van der Waals surface area contributed by atoms with Crippen molar-refractivity contribution in [2.75, 3.05) is 18.8 Å². The summed E-state index contributed by atoms with van der Waals surface area (Å²) < 4.78 is 28.2. The summed E-state index contributed by atoms with van der Waals surface area (Å²) in [6, 6.07) is 0.671. The highest BCUT2D eigenvalue weighted by Gasteiger charge is 2.28. The molecule has 0 atom stereocenters. The Balaban J connectivity index is 1.61. The molecular weight excluding hydrogens is 390 g/mol. The molecule has 0 bridgehead atoms. The summed E-state index contributed by atoms with van der Waals surface area (Å²) in [7, 11) is -1.16. The fourth-order valence-corrected chi connectivity index (χ4v) is 5.53. The van der Waals surface area contributed by atoms with Crippen molar-refractivity contribution in [3.8, 4) is 0 Å². The summed E-state index contributed by atoms with van der Waals surface area (Å²) in [4.78, 5) is 4.76. The summed E-state index contributed by atoms with van der Waals surface area (Å²) in [6.07, 6.45) is 7.07. The molecule has 2 heterocycles. The van der Waals surface area contributed by atoms with Crippen LogP contribution in [-0.4, -0.2) is 64.4 Å². The molecule has 1 aliphatic heterocycles. The second-order valence-electron chi connectivity index (χ2n) is 8.15. The monoisotopic (exact) mass is 425 g/mol. The average Bonchev–Trinajstić information content (AvgIpc) is 3.31. The van der Waals surface area contributed by atoms with Crippen LogP contribution in [0.4, 0.5) is 0 Å². The number of piperidine rings is 1. The molecule has 0 aromatic carbocycles. The maximum atomic E-state index is 12.3. The molecule has 1 aromatic heterocycles. The fraction of sp³-hybridized carbons (Fsp3) is 0.842. The van der Waals surface area contributed by atoms with Crippen molar-refractivity contribution in [1.29, 1.82) is 0 Å². The lowest BCUT2D eigenvalue weighted by atomic mass is 10.1. The van der Waals surface area contributed by atoms with Crippen LogP contribution < -0.4 is 10.6 Å². The summed E-state index contributed by atoms with van der Waals surface area (Å²) in [6.45, 7) is 5.43. The smallest absolute Gasteiger partial charge is 0.214 e. The Kier molecular flexibility index (Phi) is 7.50. The molecule has 3 rings (SSSR count). The van der Waals surface area contributed by atoms with Crippen LogP contribution in [-0.2, 0) is 23.6 Å². The van der Waals surface area contributed by atoms with E-state index in [0.717, 1.165) is 43.3 Å². The van der Waals surface area contributed by atoms with Gasteiger partial charge in [0.05, 0.1) is 5.75 Å². The van der Waals surface area contributed by atoms with Gasteiger partial charge in [-0.3, -0.25) is 0 Å². The summed E-state index contributed by atoms with van der Waals surface area (Å²) >= 11 is 0. The maximum absolute atomic E-state index is 12.3. The number of hydrogen-bond acceptors (Lipinski definition) is 5. The highest BCUT2D eigenvalue weighted by molar-refractivity contribution is 7.89. The second-order valence-corrected chi connectivity index (χ2v) is 10.2. The lowest BCUT2D eigenvalue weighted by Gasteiger charge is -2.32.